The lowest BCUT2D eigenvalue weighted by Gasteiger charge is -2.20. The summed E-state index contributed by atoms with van der Waals surface area (Å²) < 4.78 is 5.34. The number of nitrogens with zero attached hydrogens (tertiary/aromatic N) is 3. The van der Waals surface area contributed by atoms with Crippen molar-refractivity contribution in [2.45, 2.75) is 26.3 Å². The molecule has 0 saturated carbocycles. The van der Waals surface area contributed by atoms with Crippen LogP contribution in [-0.4, -0.2) is 17.0 Å². The summed E-state index contributed by atoms with van der Waals surface area (Å²) in [4.78, 5) is 10.4. The minimum Gasteiger partial charge on any atom is -0.467 e. The maximum Gasteiger partial charge on any atom is 0.137 e. The van der Waals surface area contributed by atoms with Gasteiger partial charge in [-0.1, -0.05) is 24.9 Å². The summed E-state index contributed by atoms with van der Waals surface area (Å²) in [5.74, 6) is 1.77. The van der Waals surface area contributed by atoms with Crippen LogP contribution in [0.4, 0.5) is 5.82 Å². The number of hydrogen-bond acceptors (Lipinski definition) is 4. The van der Waals surface area contributed by atoms with Crippen LogP contribution in [0, 0.1) is 0 Å². The quantitative estimate of drug-likeness (QED) is 0.778. The van der Waals surface area contributed by atoms with Gasteiger partial charge in [0.1, 0.15) is 23.1 Å². The fourth-order valence-corrected chi connectivity index (χ4v) is 2.11. The van der Waals surface area contributed by atoms with Crippen molar-refractivity contribution in [3.8, 4) is 0 Å². The third-order valence-electron chi connectivity index (χ3n) is 2.70. The monoisotopic (exact) mass is 265 g/mol. The molecular formula is C13H16ClN3O. The first-order chi connectivity index (χ1) is 8.72. The second kappa shape index (κ2) is 5.87. The molecule has 0 fully saturated rings. The SMILES string of the molecule is CCCc1c(Cl)ncnc1N(C)Cc1ccco1. The van der Waals surface area contributed by atoms with E-state index in [1.165, 1.54) is 6.33 Å². The molecule has 0 atom stereocenters. The summed E-state index contributed by atoms with van der Waals surface area (Å²) in [5.41, 5.74) is 0.996. The Hall–Kier alpha value is -1.55. The topological polar surface area (TPSA) is 42.2 Å². The second-order valence-electron chi connectivity index (χ2n) is 4.15. The van der Waals surface area contributed by atoms with Gasteiger partial charge in [0.15, 0.2) is 0 Å². The summed E-state index contributed by atoms with van der Waals surface area (Å²) in [6, 6.07) is 3.82. The van der Waals surface area contributed by atoms with Crippen molar-refractivity contribution in [2.24, 2.45) is 0 Å². The molecule has 0 bridgehead atoms. The van der Waals surface area contributed by atoms with Gasteiger partial charge in [-0.15, -0.1) is 0 Å². The molecule has 18 heavy (non-hydrogen) atoms. The van der Waals surface area contributed by atoms with Gasteiger partial charge in [-0.3, -0.25) is 0 Å². The van der Waals surface area contributed by atoms with Crippen LogP contribution < -0.4 is 4.90 Å². The summed E-state index contributed by atoms with van der Waals surface area (Å²) in [5, 5.41) is 0.535. The van der Waals surface area contributed by atoms with E-state index in [1.54, 1.807) is 6.26 Å². The van der Waals surface area contributed by atoms with Crippen LogP contribution >= 0.6 is 11.6 Å². The molecule has 0 aliphatic rings. The molecule has 0 aliphatic carbocycles. The Kier molecular flexibility index (Phi) is 4.20. The molecule has 2 aromatic heterocycles. The Morgan fingerprint density at radius 1 is 1.39 bits per heavy atom. The maximum atomic E-state index is 6.13. The molecule has 0 aromatic carbocycles. The van der Waals surface area contributed by atoms with Gasteiger partial charge < -0.3 is 9.32 Å². The van der Waals surface area contributed by atoms with Crippen molar-refractivity contribution in [3.63, 3.8) is 0 Å². The van der Waals surface area contributed by atoms with Crippen LogP contribution in [0.3, 0.4) is 0 Å². The number of hydrogen-bond donors (Lipinski definition) is 0. The van der Waals surface area contributed by atoms with Gasteiger partial charge in [0.25, 0.3) is 0 Å². The zero-order valence-corrected chi connectivity index (χ0v) is 11.3. The summed E-state index contributed by atoms with van der Waals surface area (Å²) in [6.45, 7) is 2.77. The van der Waals surface area contributed by atoms with Gasteiger partial charge in [-0.2, -0.15) is 0 Å². The highest BCUT2D eigenvalue weighted by Gasteiger charge is 2.13. The number of furan rings is 1. The van der Waals surface area contributed by atoms with Gasteiger partial charge in [0, 0.05) is 12.6 Å². The third-order valence-corrected chi connectivity index (χ3v) is 3.03. The zero-order chi connectivity index (χ0) is 13.0. The zero-order valence-electron chi connectivity index (χ0n) is 10.6. The molecule has 2 rings (SSSR count). The molecule has 2 heterocycles. The Morgan fingerprint density at radius 3 is 2.89 bits per heavy atom. The lowest BCUT2D eigenvalue weighted by molar-refractivity contribution is 0.506. The Morgan fingerprint density at radius 2 is 2.22 bits per heavy atom. The van der Waals surface area contributed by atoms with E-state index in [2.05, 4.69) is 16.9 Å². The fraction of sp³-hybridized carbons (Fsp3) is 0.385. The number of halogens is 1. The molecule has 0 aliphatic heterocycles. The van der Waals surface area contributed by atoms with Crippen molar-refractivity contribution in [2.75, 3.05) is 11.9 Å². The van der Waals surface area contributed by atoms with Crippen molar-refractivity contribution >= 4 is 17.4 Å². The van der Waals surface area contributed by atoms with Crippen molar-refractivity contribution in [3.05, 3.63) is 41.2 Å². The van der Waals surface area contributed by atoms with Crippen LogP contribution in [0.1, 0.15) is 24.7 Å². The van der Waals surface area contributed by atoms with E-state index in [0.29, 0.717) is 11.7 Å². The second-order valence-corrected chi connectivity index (χ2v) is 4.51. The molecule has 0 amide bonds. The minimum atomic E-state index is 0.535. The van der Waals surface area contributed by atoms with Crippen molar-refractivity contribution in [1.29, 1.82) is 0 Å². The van der Waals surface area contributed by atoms with Crippen LogP contribution in [-0.2, 0) is 13.0 Å². The first-order valence-corrected chi connectivity index (χ1v) is 6.33. The van der Waals surface area contributed by atoms with Gasteiger partial charge >= 0.3 is 0 Å². The van der Waals surface area contributed by atoms with E-state index < -0.39 is 0 Å². The highest BCUT2D eigenvalue weighted by atomic mass is 35.5. The lowest BCUT2D eigenvalue weighted by Crippen LogP contribution is -2.19. The maximum absolute atomic E-state index is 6.13. The Labute approximate surface area is 112 Å². The van der Waals surface area contributed by atoms with E-state index in [4.69, 9.17) is 16.0 Å². The highest BCUT2D eigenvalue weighted by Crippen LogP contribution is 2.25. The van der Waals surface area contributed by atoms with Gasteiger partial charge in [0.05, 0.1) is 12.8 Å². The van der Waals surface area contributed by atoms with Gasteiger partial charge in [-0.25, -0.2) is 9.97 Å². The Balaban J connectivity index is 2.23. The molecule has 0 spiro atoms. The summed E-state index contributed by atoms with van der Waals surface area (Å²) in [7, 11) is 1.97. The molecule has 0 N–H and O–H groups in total. The summed E-state index contributed by atoms with van der Waals surface area (Å²) in [6.07, 6.45) is 5.05. The first-order valence-electron chi connectivity index (χ1n) is 5.95. The molecule has 0 saturated heterocycles. The van der Waals surface area contributed by atoms with Crippen LogP contribution in [0.25, 0.3) is 0 Å². The van der Waals surface area contributed by atoms with Gasteiger partial charge in [0.2, 0.25) is 0 Å². The first kappa shape index (κ1) is 12.9. The van der Waals surface area contributed by atoms with Crippen LogP contribution in [0.5, 0.6) is 0 Å². The molecule has 0 unspecified atom stereocenters. The van der Waals surface area contributed by atoms with Crippen LogP contribution in [0.15, 0.2) is 29.1 Å². The smallest absolute Gasteiger partial charge is 0.137 e. The number of anilines is 1. The standard InChI is InChI=1S/C13H16ClN3O/c1-3-5-11-12(14)15-9-16-13(11)17(2)8-10-6-4-7-18-10/h4,6-7,9H,3,5,8H2,1-2H3. The number of rotatable bonds is 5. The molecule has 0 radical (unpaired) electrons. The largest absolute Gasteiger partial charge is 0.467 e. The van der Waals surface area contributed by atoms with Crippen molar-refractivity contribution < 1.29 is 4.42 Å². The normalized spacial score (nSPS) is 10.6. The van der Waals surface area contributed by atoms with E-state index in [0.717, 1.165) is 30.0 Å². The van der Waals surface area contributed by atoms with E-state index >= 15 is 0 Å². The van der Waals surface area contributed by atoms with E-state index in [1.807, 2.05) is 24.1 Å². The van der Waals surface area contributed by atoms with E-state index in [-0.39, 0.29) is 0 Å². The highest BCUT2D eigenvalue weighted by molar-refractivity contribution is 6.30. The lowest BCUT2D eigenvalue weighted by atomic mass is 10.2. The van der Waals surface area contributed by atoms with Gasteiger partial charge in [-0.05, 0) is 18.6 Å². The van der Waals surface area contributed by atoms with Crippen molar-refractivity contribution in [1.82, 2.24) is 9.97 Å². The number of aromatic nitrogens is 2. The van der Waals surface area contributed by atoms with E-state index in [9.17, 15) is 0 Å². The predicted molar refractivity (Wildman–Crippen MR) is 71.9 cm³/mol. The summed E-state index contributed by atoms with van der Waals surface area (Å²) >= 11 is 6.13. The molecule has 2 aromatic rings. The molecule has 4 nitrogen and oxygen atoms in total. The molecule has 96 valence electrons. The average molecular weight is 266 g/mol. The minimum absolute atomic E-state index is 0.535. The molecule has 5 heteroatoms. The Bertz CT molecular complexity index is 499. The fourth-order valence-electron chi connectivity index (χ4n) is 1.89. The predicted octanol–water partition coefficient (Wildman–Crippen LogP) is 3.31. The third kappa shape index (κ3) is 2.82. The molecular weight excluding hydrogens is 250 g/mol. The average Bonchev–Trinajstić information content (AvgIpc) is 2.84. The van der Waals surface area contributed by atoms with Crippen LogP contribution in [0.2, 0.25) is 5.15 Å².